The Balaban J connectivity index is 1.96. The zero-order valence-electron chi connectivity index (χ0n) is 13.0. The molecule has 1 aliphatic rings. The molecule has 6 nitrogen and oxygen atoms in total. The Labute approximate surface area is 142 Å². The second-order valence-electron chi connectivity index (χ2n) is 5.85. The van der Waals surface area contributed by atoms with Crippen LogP contribution in [0.25, 0.3) is 10.2 Å². The third-order valence-corrected chi connectivity index (χ3v) is 6.56. The number of thiophene rings is 1. The Morgan fingerprint density at radius 2 is 2.13 bits per heavy atom. The van der Waals surface area contributed by atoms with Crippen molar-refractivity contribution in [1.29, 1.82) is 0 Å². The van der Waals surface area contributed by atoms with Gasteiger partial charge in [-0.15, -0.1) is 11.3 Å². The fourth-order valence-corrected chi connectivity index (χ4v) is 5.21. The molecule has 2 heterocycles. The van der Waals surface area contributed by atoms with Gasteiger partial charge in [-0.05, 0) is 30.7 Å². The molecule has 0 saturated heterocycles. The lowest BCUT2D eigenvalue weighted by atomic mass is 10.1. The zero-order chi connectivity index (χ0) is 16.6. The summed E-state index contributed by atoms with van der Waals surface area (Å²) in [6.45, 7) is 3.88. The van der Waals surface area contributed by atoms with Gasteiger partial charge in [-0.1, -0.05) is 25.6 Å². The van der Waals surface area contributed by atoms with Crippen molar-refractivity contribution >= 4 is 45.3 Å². The van der Waals surface area contributed by atoms with Crippen molar-refractivity contribution in [2.75, 3.05) is 0 Å². The number of fused-ring (bicyclic) bond motifs is 3. The van der Waals surface area contributed by atoms with Crippen LogP contribution in [0, 0.1) is 5.92 Å². The highest BCUT2D eigenvalue weighted by atomic mass is 32.2. The van der Waals surface area contributed by atoms with Crippen molar-refractivity contribution in [2.24, 2.45) is 11.7 Å². The van der Waals surface area contributed by atoms with Crippen LogP contribution in [0.15, 0.2) is 11.4 Å². The molecule has 2 aromatic rings. The molecule has 23 heavy (non-hydrogen) atoms. The van der Waals surface area contributed by atoms with Gasteiger partial charge in [-0.2, -0.15) is 0 Å². The second-order valence-corrected chi connectivity index (χ2v) is 8.07. The van der Waals surface area contributed by atoms with E-state index in [0.717, 1.165) is 34.5 Å². The normalized spacial score (nSPS) is 14.9. The van der Waals surface area contributed by atoms with Crippen LogP contribution >= 0.6 is 23.1 Å². The van der Waals surface area contributed by atoms with Crippen LogP contribution in [0.5, 0.6) is 0 Å². The monoisotopic (exact) mass is 350 g/mol. The third-order valence-electron chi connectivity index (χ3n) is 3.82. The van der Waals surface area contributed by atoms with Gasteiger partial charge in [-0.3, -0.25) is 10.1 Å². The Hall–Kier alpha value is -1.67. The van der Waals surface area contributed by atoms with E-state index in [4.69, 9.17) is 5.73 Å². The van der Waals surface area contributed by atoms with Gasteiger partial charge < -0.3 is 5.73 Å². The molecule has 0 saturated carbocycles. The van der Waals surface area contributed by atoms with Crippen molar-refractivity contribution < 1.29 is 9.59 Å². The van der Waals surface area contributed by atoms with Gasteiger partial charge >= 0.3 is 6.03 Å². The molecule has 3 rings (SSSR count). The Morgan fingerprint density at radius 1 is 1.35 bits per heavy atom. The summed E-state index contributed by atoms with van der Waals surface area (Å²) in [6.07, 6.45) is 4.83. The Kier molecular flexibility index (Phi) is 4.54. The molecule has 0 aliphatic heterocycles. The van der Waals surface area contributed by atoms with Crippen LogP contribution in [-0.4, -0.2) is 27.2 Å². The van der Waals surface area contributed by atoms with Gasteiger partial charge in [0.2, 0.25) is 5.91 Å². The summed E-state index contributed by atoms with van der Waals surface area (Å²) in [7, 11) is 0. The number of primary amides is 1. The number of nitrogens with zero attached hydrogens (tertiary/aromatic N) is 2. The van der Waals surface area contributed by atoms with Gasteiger partial charge in [0, 0.05) is 10.3 Å². The van der Waals surface area contributed by atoms with Crippen molar-refractivity contribution in [2.45, 2.75) is 43.4 Å². The molecule has 1 unspecified atom stereocenters. The van der Waals surface area contributed by atoms with Crippen LogP contribution in [0.3, 0.4) is 0 Å². The topological polar surface area (TPSA) is 98.0 Å². The predicted octanol–water partition coefficient (Wildman–Crippen LogP) is 2.49. The number of amides is 3. The highest BCUT2D eigenvalue weighted by Crippen LogP contribution is 2.41. The molecule has 0 bridgehead atoms. The van der Waals surface area contributed by atoms with Crippen molar-refractivity contribution in [3.05, 3.63) is 16.8 Å². The summed E-state index contributed by atoms with van der Waals surface area (Å²) in [5.74, 6) is -0.341. The average Bonchev–Trinajstić information content (AvgIpc) is 3.03. The number of aryl methyl sites for hydroxylation is 2. The Morgan fingerprint density at radius 3 is 2.83 bits per heavy atom. The van der Waals surface area contributed by atoms with Crippen molar-refractivity contribution in [3.63, 3.8) is 0 Å². The van der Waals surface area contributed by atoms with Gasteiger partial charge in [0.05, 0.1) is 5.25 Å². The van der Waals surface area contributed by atoms with E-state index in [-0.39, 0.29) is 11.8 Å². The highest BCUT2D eigenvalue weighted by Gasteiger charge is 2.28. The standard InChI is InChI=1S/C15H18N4O2S2/c1-7(2)11(12(20)19-15(16)21)23-14-10-8-4-3-5-9(8)22-13(10)17-6-18-14/h6-7,11H,3-5H2,1-2H3,(H3,16,19,20,21). The van der Waals surface area contributed by atoms with Gasteiger partial charge in [-0.25, -0.2) is 14.8 Å². The first-order chi connectivity index (χ1) is 11.0. The lowest BCUT2D eigenvalue weighted by molar-refractivity contribution is -0.120. The summed E-state index contributed by atoms with van der Waals surface area (Å²) >= 11 is 3.10. The van der Waals surface area contributed by atoms with E-state index in [1.54, 1.807) is 17.7 Å². The smallest absolute Gasteiger partial charge is 0.318 e. The number of nitrogens with two attached hydrogens (primary N) is 1. The lowest BCUT2D eigenvalue weighted by Crippen LogP contribution is -2.42. The van der Waals surface area contributed by atoms with Crippen LogP contribution in [0.2, 0.25) is 0 Å². The maximum atomic E-state index is 12.2. The number of carbonyl (C=O) groups is 2. The number of aromatic nitrogens is 2. The number of imide groups is 1. The maximum Gasteiger partial charge on any atom is 0.318 e. The summed E-state index contributed by atoms with van der Waals surface area (Å²) in [4.78, 5) is 34.3. The molecular formula is C15H18N4O2S2. The van der Waals surface area contributed by atoms with Crippen LogP contribution in [0.1, 0.15) is 30.7 Å². The molecular weight excluding hydrogens is 332 g/mol. The summed E-state index contributed by atoms with van der Waals surface area (Å²) in [5.41, 5.74) is 6.39. The zero-order valence-corrected chi connectivity index (χ0v) is 14.6. The largest absolute Gasteiger partial charge is 0.351 e. The van der Waals surface area contributed by atoms with Crippen molar-refractivity contribution in [1.82, 2.24) is 15.3 Å². The van der Waals surface area contributed by atoms with E-state index >= 15 is 0 Å². The number of hydrogen-bond donors (Lipinski definition) is 2. The molecule has 8 heteroatoms. The summed E-state index contributed by atoms with van der Waals surface area (Å²) in [5, 5.41) is 3.63. The number of thioether (sulfide) groups is 1. The van der Waals surface area contributed by atoms with Gasteiger partial charge in [0.1, 0.15) is 16.2 Å². The van der Waals surface area contributed by atoms with E-state index in [9.17, 15) is 9.59 Å². The average molecular weight is 350 g/mol. The van der Waals surface area contributed by atoms with E-state index in [0.29, 0.717) is 0 Å². The van der Waals surface area contributed by atoms with E-state index in [2.05, 4.69) is 15.3 Å². The maximum absolute atomic E-state index is 12.2. The summed E-state index contributed by atoms with van der Waals surface area (Å²) < 4.78 is 0. The molecule has 122 valence electrons. The molecule has 0 fully saturated rings. The third kappa shape index (κ3) is 3.18. The van der Waals surface area contributed by atoms with Crippen LogP contribution in [0.4, 0.5) is 4.79 Å². The van der Waals surface area contributed by atoms with Gasteiger partial charge in [0.15, 0.2) is 0 Å². The molecule has 3 amide bonds. The minimum Gasteiger partial charge on any atom is -0.351 e. The van der Waals surface area contributed by atoms with Crippen molar-refractivity contribution in [3.8, 4) is 0 Å². The molecule has 2 aromatic heterocycles. The first-order valence-electron chi connectivity index (χ1n) is 7.49. The predicted molar refractivity (Wildman–Crippen MR) is 91.6 cm³/mol. The van der Waals surface area contributed by atoms with Crippen LogP contribution in [-0.2, 0) is 17.6 Å². The number of carbonyl (C=O) groups excluding carboxylic acids is 2. The fraction of sp³-hybridized carbons (Fsp3) is 0.467. The number of nitrogens with one attached hydrogen (secondary N) is 1. The first-order valence-corrected chi connectivity index (χ1v) is 9.19. The minimum atomic E-state index is -0.828. The molecule has 1 aliphatic carbocycles. The molecule has 3 N–H and O–H groups in total. The van der Waals surface area contributed by atoms with E-state index in [1.165, 1.54) is 22.2 Å². The molecule has 1 atom stereocenters. The van der Waals surface area contributed by atoms with Crippen LogP contribution < -0.4 is 11.1 Å². The number of urea groups is 1. The SMILES string of the molecule is CC(C)C(Sc1ncnc2sc3c(c12)CCC3)C(=O)NC(N)=O. The fourth-order valence-electron chi connectivity index (χ4n) is 2.79. The van der Waals surface area contributed by atoms with E-state index < -0.39 is 11.3 Å². The lowest BCUT2D eigenvalue weighted by Gasteiger charge is -2.18. The molecule has 0 radical (unpaired) electrons. The quantitative estimate of drug-likeness (QED) is 0.652. The summed E-state index contributed by atoms with van der Waals surface area (Å²) in [6, 6.07) is -0.828. The number of rotatable bonds is 4. The molecule has 0 aromatic carbocycles. The first kappa shape index (κ1) is 16.2. The number of hydrogen-bond acceptors (Lipinski definition) is 6. The molecule has 0 spiro atoms. The highest BCUT2D eigenvalue weighted by molar-refractivity contribution is 8.00. The Bertz CT molecular complexity index is 772. The van der Waals surface area contributed by atoms with Gasteiger partial charge in [0.25, 0.3) is 0 Å². The minimum absolute atomic E-state index is 0.0380. The second kappa shape index (κ2) is 6.45. The van der Waals surface area contributed by atoms with E-state index in [1.807, 2.05) is 13.8 Å².